The fourth-order valence-electron chi connectivity index (χ4n) is 3.32. The quantitative estimate of drug-likeness (QED) is 0.317. The number of hydrogen-bond donors (Lipinski definition) is 2. The molecule has 1 aliphatic rings. The number of likely N-dealkylation sites (tertiary alicyclic amines) is 1. The molecular formula is C22H39IN4O. The molecule has 1 aliphatic heterocycles. The van der Waals surface area contributed by atoms with E-state index in [1.54, 1.807) is 0 Å². The normalized spacial score (nSPS) is 16.2. The van der Waals surface area contributed by atoms with Crippen LogP contribution >= 0.6 is 24.0 Å². The first-order valence-corrected chi connectivity index (χ1v) is 10.4. The van der Waals surface area contributed by atoms with Crippen molar-refractivity contribution in [2.45, 2.75) is 65.6 Å². The fraction of sp³-hybridized carbons (Fsp3) is 0.682. The molecule has 1 heterocycles. The summed E-state index contributed by atoms with van der Waals surface area (Å²) >= 11 is 0. The summed E-state index contributed by atoms with van der Waals surface area (Å²) in [6.45, 7) is 12.8. The second-order valence-electron chi connectivity index (χ2n) is 8.11. The highest BCUT2D eigenvalue weighted by Crippen LogP contribution is 2.18. The number of hydrogen-bond acceptors (Lipinski definition) is 3. The van der Waals surface area contributed by atoms with Crippen LogP contribution in [0.3, 0.4) is 0 Å². The van der Waals surface area contributed by atoms with Crippen LogP contribution in [0.15, 0.2) is 29.3 Å². The van der Waals surface area contributed by atoms with Crippen molar-refractivity contribution in [2.24, 2.45) is 10.9 Å². The lowest BCUT2D eigenvalue weighted by molar-refractivity contribution is 0.167. The van der Waals surface area contributed by atoms with Gasteiger partial charge in [-0.25, -0.2) is 0 Å². The van der Waals surface area contributed by atoms with E-state index in [1.165, 1.54) is 5.56 Å². The van der Waals surface area contributed by atoms with Crippen molar-refractivity contribution in [2.75, 3.05) is 26.7 Å². The third-order valence-electron chi connectivity index (χ3n) is 5.20. The highest BCUT2D eigenvalue weighted by atomic mass is 127. The Bertz CT molecular complexity index is 584. The van der Waals surface area contributed by atoms with Gasteiger partial charge in [0.05, 0.1) is 6.61 Å². The van der Waals surface area contributed by atoms with Crippen LogP contribution in [0.2, 0.25) is 0 Å². The van der Waals surface area contributed by atoms with Gasteiger partial charge in [-0.1, -0.05) is 32.0 Å². The lowest BCUT2D eigenvalue weighted by Gasteiger charge is -2.35. The van der Waals surface area contributed by atoms with Gasteiger partial charge in [0.1, 0.15) is 5.75 Å². The third-order valence-corrected chi connectivity index (χ3v) is 5.20. The Morgan fingerprint density at radius 3 is 2.46 bits per heavy atom. The van der Waals surface area contributed by atoms with Gasteiger partial charge in [0, 0.05) is 44.3 Å². The van der Waals surface area contributed by atoms with Gasteiger partial charge in [0.25, 0.3) is 0 Å². The van der Waals surface area contributed by atoms with Crippen LogP contribution in [0.1, 0.15) is 52.5 Å². The van der Waals surface area contributed by atoms with Crippen LogP contribution in [-0.4, -0.2) is 49.7 Å². The summed E-state index contributed by atoms with van der Waals surface area (Å²) in [7, 11) is 1.84. The van der Waals surface area contributed by atoms with Gasteiger partial charge in [-0.3, -0.25) is 4.99 Å². The van der Waals surface area contributed by atoms with Gasteiger partial charge < -0.3 is 20.3 Å². The van der Waals surface area contributed by atoms with Gasteiger partial charge in [-0.05, 0) is 45.1 Å². The predicted molar refractivity (Wildman–Crippen MR) is 130 cm³/mol. The van der Waals surface area contributed by atoms with Crippen LogP contribution in [0.25, 0.3) is 0 Å². The zero-order valence-corrected chi connectivity index (χ0v) is 20.5. The monoisotopic (exact) mass is 502 g/mol. The molecule has 6 heteroatoms. The Morgan fingerprint density at radius 2 is 1.86 bits per heavy atom. The van der Waals surface area contributed by atoms with Crippen molar-refractivity contribution in [1.82, 2.24) is 15.5 Å². The summed E-state index contributed by atoms with van der Waals surface area (Å²) in [5.41, 5.74) is 1.17. The topological polar surface area (TPSA) is 48.9 Å². The average Bonchev–Trinajstić information content (AvgIpc) is 2.66. The molecule has 2 N–H and O–H groups in total. The number of guanidine groups is 1. The molecule has 0 spiro atoms. The molecule has 0 aromatic heterocycles. The molecule has 160 valence electrons. The van der Waals surface area contributed by atoms with Crippen LogP contribution in [-0.2, 0) is 6.54 Å². The summed E-state index contributed by atoms with van der Waals surface area (Å²) in [6.07, 6.45) is 3.39. The minimum absolute atomic E-state index is 0. The van der Waals surface area contributed by atoms with E-state index in [0.717, 1.165) is 50.7 Å². The van der Waals surface area contributed by atoms with Crippen molar-refractivity contribution in [3.8, 4) is 5.75 Å². The minimum Gasteiger partial charge on any atom is -0.493 e. The Morgan fingerprint density at radius 1 is 1.18 bits per heavy atom. The number of nitrogens with zero attached hydrogens (tertiary/aromatic N) is 2. The summed E-state index contributed by atoms with van der Waals surface area (Å²) in [5, 5.41) is 7.04. The first kappa shape index (κ1) is 25.0. The lowest BCUT2D eigenvalue weighted by atomic mass is 10.0. The highest BCUT2D eigenvalue weighted by Gasteiger charge is 2.21. The molecule has 0 bridgehead atoms. The van der Waals surface area contributed by atoms with Gasteiger partial charge in [-0.15, -0.1) is 24.0 Å². The maximum absolute atomic E-state index is 5.99. The smallest absolute Gasteiger partial charge is 0.191 e. The van der Waals surface area contributed by atoms with E-state index in [9.17, 15) is 0 Å². The number of nitrogens with one attached hydrogen (secondary N) is 2. The standard InChI is InChI=1S/C22H38N4O.HI/c1-17(2)12-15-27-21-9-7-6-8-19(21)16-24-22(23-5)25-20-10-13-26(14-11-20)18(3)4;/h6-9,17-18,20H,10-16H2,1-5H3,(H2,23,24,25);1H. The van der Waals surface area contributed by atoms with Gasteiger partial charge >= 0.3 is 0 Å². The van der Waals surface area contributed by atoms with Gasteiger partial charge in [0.2, 0.25) is 0 Å². The number of halogens is 1. The lowest BCUT2D eigenvalue weighted by Crippen LogP contribution is -2.49. The Kier molecular flexibility index (Phi) is 11.8. The number of para-hydroxylation sites is 1. The Labute approximate surface area is 188 Å². The Balaban J connectivity index is 0.00000392. The molecule has 0 atom stereocenters. The van der Waals surface area contributed by atoms with E-state index in [2.05, 4.69) is 66.4 Å². The first-order chi connectivity index (χ1) is 13.0. The average molecular weight is 502 g/mol. The molecule has 1 saturated heterocycles. The molecule has 1 aromatic carbocycles. The SMILES string of the molecule is CN=C(NCc1ccccc1OCCC(C)C)NC1CCN(C(C)C)CC1.I. The van der Waals surface area contributed by atoms with E-state index < -0.39 is 0 Å². The number of piperidine rings is 1. The minimum atomic E-state index is 0. The van der Waals surface area contributed by atoms with Crippen LogP contribution in [0, 0.1) is 5.92 Å². The molecule has 2 rings (SSSR count). The Hall–Kier alpha value is -1.02. The number of aliphatic imine (C=N–C) groups is 1. The maximum Gasteiger partial charge on any atom is 0.191 e. The molecule has 1 aromatic rings. The molecule has 1 fully saturated rings. The van der Waals surface area contributed by atoms with Crippen molar-refractivity contribution < 1.29 is 4.74 Å². The van der Waals surface area contributed by atoms with Crippen LogP contribution in [0.5, 0.6) is 5.75 Å². The van der Waals surface area contributed by atoms with E-state index in [1.807, 2.05) is 13.1 Å². The fourth-order valence-corrected chi connectivity index (χ4v) is 3.32. The molecule has 0 saturated carbocycles. The van der Waals surface area contributed by atoms with Crippen molar-refractivity contribution in [1.29, 1.82) is 0 Å². The molecule has 28 heavy (non-hydrogen) atoms. The molecule has 0 aliphatic carbocycles. The highest BCUT2D eigenvalue weighted by molar-refractivity contribution is 14.0. The van der Waals surface area contributed by atoms with Crippen molar-refractivity contribution in [3.05, 3.63) is 29.8 Å². The van der Waals surface area contributed by atoms with Crippen LogP contribution < -0.4 is 15.4 Å². The van der Waals surface area contributed by atoms with E-state index in [0.29, 0.717) is 24.5 Å². The molecule has 5 nitrogen and oxygen atoms in total. The van der Waals surface area contributed by atoms with Gasteiger partial charge in [-0.2, -0.15) is 0 Å². The second kappa shape index (κ2) is 13.2. The molecular weight excluding hydrogens is 463 g/mol. The molecule has 0 unspecified atom stereocenters. The number of rotatable bonds is 8. The van der Waals surface area contributed by atoms with Crippen molar-refractivity contribution >= 4 is 29.9 Å². The number of ether oxygens (including phenoxy) is 1. The van der Waals surface area contributed by atoms with Crippen LogP contribution in [0.4, 0.5) is 0 Å². The zero-order chi connectivity index (χ0) is 19.6. The summed E-state index contributed by atoms with van der Waals surface area (Å²) in [5.74, 6) is 2.49. The van der Waals surface area contributed by atoms with E-state index >= 15 is 0 Å². The largest absolute Gasteiger partial charge is 0.493 e. The maximum atomic E-state index is 5.99. The first-order valence-electron chi connectivity index (χ1n) is 10.4. The summed E-state index contributed by atoms with van der Waals surface area (Å²) < 4.78 is 5.99. The number of benzene rings is 1. The van der Waals surface area contributed by atoms with E-state index in [-0.39, 0.29) is 24.0 Å². The zero-order valence-electron chi connectivity index (χ0n) is 18.2. The third kappa shape index (κ3) is 8.55. The van der Waals surface area contributed by atoms with E-state index in [4.69, 9.17) is 4.74 Å². The molecule has 0 radical (unpaired) electrons. The van der Waals surface area contributed by atoms with Gasteiger partial charge in [0.15, 0.2) is 5.96 Å². The second-order valence-corrected chi connectivity index (χ2v) is 8.11. The van der Waals surface area contributed by atoms with Crippen molar-refractivity contribution in [3.63, 3.8) is 0 Å². The summed E-state index contributed by atoms with van der Waals surface area (Å²) in [4.78, 5) is 6.95. The molecule has 0 amide bonds. The summed E-state index contributed by atoms with van der Waals surface area (Å²) in [6, 6.07) is 9.38. The predicted octanol–water partition coefficient (Wildman–Crippen LogP) is 4.27.